The lowest BCUT2D eigenvalue weighted by atomic mass is 10.1. The molecule has 2 aromatic carbocycles. The first-order chi connectivity index (χ1) is 13.1. The molecule has 6 nitrogen and oxygen atoms in total. The van der Waals surface area contributed by atoms with E-state index in [9.17, 15) is 4.79 Å². The first kappa shape index (κ1) is 19.0. The van der Waals surface area contributed by atoms with E-state index in [1.807, 2.05) is 23.7 Å². The van der Waals surface area contributed by atoms with Crippen molar-refractivity contribution >= 4 is 17.7 Å². The molecule has 27 heavy (non-hydrogen) atoms. The molecule has 0 aliphatic carbocycles. The van der Waals surface area contributed by atoms with Gasteiger partial charge in [-0.05, 0) is 25.5 Å². The van der Waals surface area contributed by atoms with Crippen LogP contribution in [0.3, 0.4) is 0 Å². The van der Waals surface area contributed by atoms with Gasteiger partial charge in [-0.3, -0.25) is 0 Å². The molecule has 0 spiro atoms. The third-order valence-electron chi connectivity index (χ3n) is 4.04. The zero-order chi connectivity index (χ0) is 19.2. The molecule has 0 unspecified atom stereocenters. The normalized spacial score (nSPS) is 10.7. The molecule has 0 saturated carbocycles. The molecule has 0 amide bonds. The maximum absolute atomic E-state index is 11.2. The van der Waals surface area contributed by atoms with Crippen LogP contribution >= 0.6 is 11.8 Å². The summed E-state index contributed by atoms with van der Waals surface area (Å²) >= 11 is 1.60. The average molecular weight is 383 g/mol. The van der Waals surface area contributed by atoms with Gasteiger partial charge in [0.15, 0.2) is 11.0 Å². The van der Waals surface area contributed by atoms with Crippen molar-refractivity contribution in [2.45, 2.75) is 18.5 Å². The fourth-order valence-electron chi connectivity index (χ4n) is 2.57. The number of carbonyl (C=O) groups is 1. The lowest BCUT2D eigenvalue weighted by Gasteiger charge is -2.08. The fraction of sp³-hybridized carbons (Fsp3) is 0.250. The SMILES string of the molecule is Cc1ccc(-c2nnc(SCCCOc3ccccc3C(=O)O)n2C)cc1. The number of nitrogens with zero attached hydrogens (tertiary/aromatic N) is 3. The van der Waals surface area contributed by atoms with E-state index in [-0.39, 0.29) is 5.56 Å². The first-order valence-corrected chi connectivity index (χ1v) is 9.59. The fourth-order valence-corrected chi connectivity index (χ4v) is 3.39. The molecule has 0 fully saturated rings. The summed E-state index contributed by atoms with van der Waals surface area (Å²) in [6.07, 6.45) is 0.769. The van der Waals surface area contributed by atoms with Gasteiger partial charge in [-0.2, -0.15) is 0 Å². The van der Waals surface area contributed by atoms with Gasteiger partial charge in [0.25, 0.3) is 0 Å². The summed E-state index contributed by atoms with van der Waals surface area (Å²) in [5.41, 5.74) is 2.43. The van der Waals surface area contributed by atoms with Crippen LogP contribution in [0.2, 0.25) is 0 Å². The molecule has 0 saturated heterocycles. The van der Waals surface area contributed by atoms with Crippen LogP contribution in [0.4, 0.5) is 0 Å². The summed E-state index contributed by atoms with van der Waals surface area (Å²) in [7, 11) is 1.96. The van der Waals surface area contributed by atoms with E-state index in [1.165, 1.54) is 5.56 Å². The lowest BCUT2D eigenvalue weighted by Crippen LogP contribution is -2.05. The molecule has 0 aliphatic rings. The Morgan fingerprint density at radius 1 is 1.15 bits per heavy atom. The van der Waals surface area contributed by atoms with Gasteiger partial charge < -0.3 is 14.4 Å². The van der Waals surface area contributed by atoms with Crippen LogP contribution < -0.4 is 4.74 Å². The third kappa shape index (κ3) is 4.68. The standard InChI is InChI=1S/C20H21N3O3S/c1-14-8-10-15(11-9-14)18-21-22-20(23(18)2)27-13-5-12-26-17-7-4-3-6-16(17)19(24)25/h3-4,6-11H,5,12-13H2,1-2H3,(H,24,25). The predicted molar refractivity (Wildman–Crippen MR) is 105 cm³/mol. The van der Waals surface area contributed by atoms with E-state index < -0.39 is 5.97 Å². The van der Waals surface area contributed by atoms with Crippen molar-refractivity contribution < 1.29 is 14.6 Å². The molecule has 0 radical (unpaired) electrons. The van der Waals surface area contributed by atoms with Gasteiger partial charge >= 0.3 is 5.97 Å². The number of aromatic carboxylic acids is 1. The second kappa shape index (κ2) is 8.73. The van der Waals surface area contributed by atoms with Crippen LogP contribution in [-0.4, -0.2) is 38.2 Å². The second-order valence-electron chi connectivity index (χ2n) is 6.08. The van der Waals surface area contributed by atoms with Crippen LogP contribution in [0.1, 0.15) is 22.3 Å². The Kier molecular flexibility index (Phi) is 6.13. The Bertz CT molecular complexity index is 922. The maximum Gasteiger partial charge on any atom is 0.339 e. The zero-order valence-electron chi connectivity index (χ0n) is 15.3. The molecule has 1 N–H and O–H groups in total. The number of para-hydroxylation sites is 1. The van der Waals surface area contributed by atoms with Crippen LogP contribution in [0.5, 0.6) is 5.75 Å². The molecule has 0 aliphatic heterocycles. The quantitative estimate of drug-likeness (QED) is 0.467. The zero-order valence-corrected chi connectivity index (χ0v) is 16.1. The number of benzene rings is 2. The van der Waals surface area contributed by atoms with Crippen LogP contribution in [0, 0.1) is 6.92 Å². The Morgan fingerprint density at radius 3 is 2.63 bits per heavy atom. The monoisotopic (exact) mass is 383 g/mol. The molecule has 0 bridgehead atoms. The molecule has 7 heteroatoms. The van der Waals surface area contributed by atoms with Crippen molar-refractivity contribution in [1.29, 1.82) is 0 Å². The smallest absolute Gasteiger partial charge is 0.339 e. The van der Waals surface area contributed by atoms with Crippen LogP contribution in [0.25, 0.3) is 11.4 Å². The van der Waals surface area contributed by atoms with Crippen molar-refractivity contribution in [2.75, 3.05) is 12.4 Å². The summed E-state index contributed by atoms with van der Waals surface area (Å²) in [5, 5.41) is 18.6. The number of carboxylic acid groups (broad SMARTS) is 1. The number of aryl methyl sites for hydroxylation is 1. The highest BCUT2D eigenvalue weighted by atomic mass is 32.2. The molecule has 1 aromatic heterocycles. The highest BCUT2D eigenvalue weighted by Gasteiger charge is 2.12. The van der Waals surface area contributed by atoms with Gasteiger partial charge in [0.05, 0.1) is 6.61 Å². The van der Waals surface area contributed by atoms with Gasteiger partial charge in [-0.25, -0.2) is 4.79 Å². The summed E-state index contributed by atoms with van der Waals surface area (Å²) in [6.45, 7) is 2.50. The molecular formula is C20H21N3O3S. The third-order valence-corrected chi connectivity index (χ3v) is 5.15. The lowest BCUT2D eigenvalue weighted by molar-refractivity contribution is 0.0692. The number of ether oxygens (including phenoxy) is 1. The summed E-state index contributed by atoms with van der Waals surface area (Å²) in [6, 6.07) is 14.9. The Labute approximate surface area is 162 Å². The minimum Gasteiger partial charge on any atom is -0.493 e. The molecule has 3 rings (SSSR count). The molecule has 1 heterocycles. The van der Waals surface area contributed by atoms with Crippen molar-refractivity contribution in [3.05, 3.63) is 59.7 Å². The Balaban J connectivity index is 1.52. The Morgan fingerprint density at radius 2 is 1.89 bits per heavy atom. The van der Waals surface area contributed by atoms with E-state index in [2.05, 4.69) is 29.3 Å². The largest absolute Gasteiger partial charge is 0.493 e. The molecule has 140 valence electrons. The maximum atomic E-state index is 11.2. The number of hydrogen-bond donors (Lipinski definition) is 1. The van der Waals surface area contributed by atoms with Gasteiger partial charge in [-0.15, -0.1) is 10.2 Å². The van der Waals surface area contributed by atoms with Crippen LogP contribution in [0.15, 0.2) is 53.7 Å². The van der Waals surface area contributed by atoms with E-state index in [0.29, 0.717) is 12.4 Å². The highest BCUT2D eigenvalue weighted by molar-refractivity contribution is 7.99. The number of hydrogen-bond acceptors (Lipinski definition) is 5. The summed E-state index contributed by atoms with van der Waals surface area (Å²) in [4.78, 5) is 11.2. The van der Waals surface area contributed by atoms with E-state index in [1.54, 1.807) is 36.0 Å². The number of aromatic nitrogens is 3. The summed E-state index contributed by atoms with van der Waals surface area (Å²) in [5.74, 6) is 1.05. The summed E-state index contributed by atoms with van der Waals surface area (Å²) < 4.78 is 7.60. The van der Waals surface area contributed by atoms with E-state index in [0.717, 1.165) is 28.7 Å². The van der Waals surface area contributed by atoms with Crippen LogP contribution in [-0.2, 0) is 7.05 Å². The van der Waals surface area contributed by atoms with Crippen molar-refractivity contribution in [3.8, 4) is 17.1 Å². The van der Waals surface area contributed by atoms with Crippen molar-refractivity contribution in [2.24, 2.45) is 7.05 Å². The minimum atomic E-state index is -0.984. The van der Waals surface area contributed by atoms with E-state index in [4.69, 9.17) is 9.84 Å². The predicted octanol–water partition coefficient (Wildman–Crippen LogP) is 4.05. The van der Waals surface area contributed by atoms with Gasteiger partial charge in [0.2, 0.25) is 0 Å². The number of rotatable bonds is 8. The second-order valence-corrected chi connectivity index (χ2v) is 7.15. The minimum absolute atomic E-state index is 0.182. The average Bonchev–Trinajstić information content (AvgIpc) is 3.03. The van der Waals surface area contributed by atoms with Crippen molar-refractivity contribution in [3.63, 3.8) is 0 Å². The van der Waals surface area contributed by atoms with Gasteiger partial charge in [-0.1, -0.05) is 53.7 Å². The Hall–Kier alpha value is -2.80. The molecule has 3 aromatic rings. The number of thioether (sulfide) groups is 1. The number of carboxylic acids is 1. The topological polar surface area (TPSA) is 77.2 Å². The molecular weight excluding hydrogens is 362 g/mol. The first-order valence-electron chi connectivity index (χ1n) is 8.60. The van der Waals surface area contributed by atoms with Crippen molar-refractivity contribution in [1.82, 2.24) is 14.8 Å². The molecule has 0 atom stereocenters. The van der Waals surface area contributed by atoms with E-state index >= 15 is 0 Å². The van der Waals surface area contributed by atoms with Gasteiger partial charge in [0.1, 0.15) is 11.3 Å². The van der Waals surface area contributed by atoms with Gasteiger partial charge in [0, 0.05) is 18.4 Å². The highest BCUT2D eigenvalue weighted by Crippen LogP contribution is 2.24.